The van der Waals surface area contributed by atoms with Crippen molar-refractivity contribution in [3.05, 3.63) is 84.2 Å². The molecule has 2 heterocycles. The minimum Gasteiger partial charge on any atom is -0.381 e. The van der Waals surface area contributed by atoms with Crippen LogP contribution >= 0.6 is 0 Å². The van der Waals surface area contributed by atoms with Crippen molar-refractivity contribution in [1.29, 1.82) is 0 Å². The fraction of sp³-hybridized carbons (Fsp3) is 0.385. The second kappa shape index (κ2) is 11.0. The zero-order valence-electron chi connectivity index (χ0n) is 18.8. The number of aromatic nitrogens is 2. The maximum atomic E-state index is 5.66. The molecule has 1 aromatic heterocycles. The van der Waals surface area contributed by atoms with E-state index in [4.69, 9.17) is 9.73 Å². The van der Waals surface area contributed by atoms with Crippen LogP contribution in [0.25, 0.3) is 5.69 Å². The molecule has 0 amide bonds. The van der Waals surface area contributed by atoms with Crippen molar-refractivity contribution in [3.63, 3.8) is 0 Å². The molecule has 6 heteroatoms. The Hall–Kier alpha value is -3.12. The number of rotatable bonds is 8. The summed E-state index contributed by atoms with van der Waals surface area (Å²) in [5.41, 5.74) is 3.77. The molecule has 3 aromatic rings. The Kier molecular flexibility index (Phi) is 7.56. The highest BCUT2D eigenvalue weighted by atomic mass is 16.5. The molecule has 2 aromatic carbocycles. The van der Waals surface area contributed by atoms with Gasteiger partial charge in [0.05, 0.1) is 12.2 Å². The summed E-state index contributed by atoms with van der Waals surface area (Å²) in [6, 6.07) is 21.3. The highest BCUT2D eigenvalue weighted by Gasteiger charge is 2.34. The molecule has 0 bridgehead atoms. The molecule has 1 aliphatic rings. The van der Waals surface area contributed by atoms with Gasteiger partial charge in [0.1, 0.15) is 0 Å². The van der Waals surface area contributed by atoms with Crippen LogP contribution in [0, 0.1) is 0 Å². The van der Waals surface area contributed by atoms with Gasteiger partial charge in [-0.1, -0.05) is 42.5 Å². The van der Waals surface area contributed by atoms with Crippen LogP contribution in [0.3, 0.4) is 0 Å². The quantitative estimate of drug-likeness (QED) is 0.422. The standard InChI is InChI=1S/C26H33N5O/c1-2-27-25(28-17-13-22-9-11-24(12-10-22)31-18-6-16-30-31)29-21-26(14-19-32-20-15-26)23-7-4-3-5-8-23/h3-12,16,18H,2,13-15,17,19-21H2,1H3,(H2,27,28,29). The normalized spacial score (nSPS) is 16.0. The van der Waals surface area contributed by atoms with Crippen LogP contribution in [-0.2, 0) is 16.6 Å². The van der Waals surface area contributed by atoms with E-state index in [9.17, 15) is 0 Å². The topological polar surface area (TPSA) is 63.5 Å². The minimum atomic E-state index is 0.0458. The van der Waals surface area contributed by atoms with Crippen LogP contribution < -0.4 is 10.6 Å². The Morgan fingerprint density at radius 1 is 1.03 bits per heavy atom. The summed E-state index contributed by atoms with van der Waals surface area (Å²) in [6.07, 6.45) is 6.69. The largest absolute Gasteiger partial charge is 0.381 e. The van der Waals surface area contributed by atoms with E-state index in [0.717, 1.165) is 63.8 Å². The molecule has 0 aliphatic carbocycles. The van der Waals surface area contributed by atoms with Gasteiger partial charge in [-0.25, -0.2) is 4.68 Å². The first-order chi connectivity index (χ1) is 15.8. The Morgan fingerprint density at radius 3 is 2.50 bits per heavy atom. The number of nitrogens with zero attached hydrogens (tertiary/aromatic N) is 3. The third-order valence-electron chi connectivity index (χ3n) is 6.13. The van der Waals surface area contributed by atoms with Gasteiger partial charge in [0, 0.05) is 44.1 Å². The van der Waals surface area contributed by atoms with Gasteiger partial charge in [-0.05, 0) is 55.5 Å². The van der Waals surface area contributed by atoms with Gasteiger partial charge < -0.3 is 15.4 Å². The summed E-state index contributed by atoms with van der Waals surface area (Å²) in [6.45, 7) is 6.12. The fourth-order valence-corrected chi connectivity index (χ4v) is 4.23. The third kappa shape index (κ3) is 5.56. The first-order valence-electron chi connectivity index (χ1n) is 11.5. The summed E-state index contributed by atoms with van der Waals surface area (Å²) in [5.74, 6) is 0.877. The van der Waals surface area contributed by atoms with Crippen LogP contribution in [0.2, 0.25) is 0 Å². The lowest BCUT2D eigenvalue weighted by Crippen LogP contribution is -2.41. The molecular formula is C26H33N5O. The molecule has 0 saturated carbocycles. The summed E-state index contributed by atoms with van der Waals surface area (Å²) in [5, 5.41) is 11.2. The first-order valence-corrected chi connectivity index (χ1v) is 11.5. The molecule has 4 rings (SSSR count). The van der Waals surface area contributed by atoms with Crippen molar-refractivity contribution in [3.8, 4) is 5.69 Å². The summed E-state index contributed by atoms with van der Waals surface area (Å²) >= 11 is 0. The fourth-order valence-electron chi connectivity index (χ4n) is 4.23. The van der Waals surface area contributed by atoms with Gasteiger partial charge in [0.25, 0.3) is 0 Å². The van der Waals surface area contributed by atoms with Gasteiger partial charge in [-0.3, -0.25) is 4.99 Å². The van der Waals surface area contributed by atoms with Gasteiger partial charge in [-0.15, -0.1) is 0 Å². The summed E-state index contributed by atoms with van der Waals surface area (Å²) < 4.78 is 7.53. The van der Waals surface area contributed by atoms with Gasteiger partial charge >= 0.3 is 0 Å². The SMILES string of the molecule is CCNC(=NCC1(c2ccccc2)CCOCC1)NCCc1ccc(-n2cccn2)cc1. The minimum absolute atomic E-state index is 0.0458. The number of aliphatic imine (C=N–C) groups is 1. The summed E-state index contributed by atoms with van der Waals surface area (Å²) in [7, 11) is 0. The van der Waals surface area contributed by atoms with Crippen LogP contribution in [0.15, 0.2) is 78.0 Å². The van der Waals surface area contributed by atoms with E-state index in [1.807, 2.05) is 16.9 Å². The van der Waals surface area contributed by atoms with E-state index in [1.165, 1.54) is 11.1 Å². The van der Waals surface area contributed by atoms with Gasteiger partial charge in [0.15, 0.2) is 5.96 Å². The lowest BCUT2D eigenvalue weighted by molar-refractivity contribution is 0.0531. The van der Waals surface area contributed by atoms with Gasteiger partial charge in [-0.2, -0.15) is 5.10 Å². The van der Waals surface area contributed by atoms with Crippen molar-refractivity contribution in [2.75, 3.05) is 32.8 Å². The van der Waals surface area contributed by atoms with Crippen LogP contribution in [0.5, 0.6) is 0 Å². The van der Waals surface area contributed by atoms with Crippen molar-refractivity contribution < 1.29 is 4.74 Å². The van der Waals surface area contributed by atoms with Crippen molar-refractivity contribution >= 4 is 5.96 Å². The molecule has 1 fully saturated rings. The molecule has 0 atom stereocenters. The highest BCUT2D eigenvalue weighted by Crippen LogP contribution is 2.35. The first kappa shape index (κ1) is 22.1. The molecule has 0 unspecified atom stereocenters. The lowest BCUT2D eigenvalue weighted by atomic mass is 9.74. The lowest BCUT2D eigenvalue weighted by Gasteiger charge is -2.36. The molecule has 32 heavy (non-hydrogen) atoms. The van der Waals surface area contributed by atoms with Crippen molar-refractivity contribution in [1.82, 2.24) is 20.4 Å². The molecule has 2 N–H and O–H groups in total. The van der Waals surface area contributed by atoms with E-state index < -0.39 is 0 Å². The van der Waals surface area contributed by atoms with Crippen LogP contribution in [0.4, 0.5) is 0 Å². The Bertz CT molecular complexity index is 961. The van der Waals surface area contributed by atoms with Crippen molar-refractivity contribution in [2.24, 2.45) is 4.99 Å². The van der Waals surface area contributed by atoms with Gasteiger partial charge in [0.2, 0.25) is 0 Å². The predicted octanol–water partition coefficient (Wildman–Crippen LogP) is 3.72. The number of benzene rings is 2. The smallest absolute Gasteiger partial charge is 0.191 e. The average molecular weight is 432 g/mol. The second-order valence-electron chi connectivity index (χ2n) is 8.25. The average Bonchev–Trinajstić information content (AvgIpc) is 3.39. The third-order valence-corrected chi connectivity index (χ3v) is 6.13. The number of guanidine groups is 1. The molecular weight excluding hydrogens is 398 g/mol. The monoisotopic (exact) mass is 431 g/mol. The van der Waals surface area contributed by atoms with E-state index in [1.54, 1.807) is 6.20 Å². The number of hydrogen-bond acceptors (Lipinski definition) is 3. The highest BCUT2D eigenvalue weighted by molar-refractivity contribution is 5.79. The van der Waals surface area contributed by atoms with Crippen LogP contribution in [0.1, 0.15) is 30.9 Å². The van der Waals surface area contributed by atoms with Crippen molar-refractivity contribution in [2.45, 2.75) is 31.6 Å². The molecule has 1 saturated heterocycles. The van der Waals surface area contributed by atoms with Crippen LogP contribution in [-0.4, -0.2) is 48.6 Å². The number of ether oxygens (including phenoxy) is 1. The van der Waals surface area contributed by atoms with E-state index in [2.05, 4.69) is 77.3 Å². The molecule has 6 nitrogen and oxygen atoms in total. The molecule has 0 spiro atoms. The molecule has 168 valence electrons. The Labute approximate surface area is 190 Å². The van der Waals surface area contributed by atoms with E-state index in [0.29, 0.717) is 0 Å². The molecule has 0 radical (unpaired) electrons. The maximum absolute atomic E-state index is 5.66. The summed E-state index contributed by atoms with van der Waals surface area (Å²) in [4.78, 5) is 4.99. The van der Waals surface area contributed by atoms with E-state index >= 15 is 0 Å². The Balaban J connectivity index is 1.37. The Morgan fingerprint density at radius 2 is 1.81 bits per heavy atom. The number of nitrogens with one attached hydrogen (secondary N) is 2. The molecule has 1 aliphatic heterocycles. The van der Waals surface area contributed by atoms with E-state index in [-0.39, 0.29) is 5.41 Å². The number of hydrogen-bond donors (Lipinski definition) is 2. The predicted molar refractivity (Wildman–Crippen MR) is 129 cm³/mol. The maximum Gasteiger partial charge on any atom is 0.191 e. The second-order valence-corrected chi connectivity index (χ2v) is 8.25. The zero-order chi connectivity index (χ0) is 22.1. The zero-order valence-corrected chi connectivity index (χ0v) is 18.8.